The highest BCUT2D eigenvalue weighted by atomic mass is 16.5. The van der Waals surface area contributed by atoms with Gasteiger partial charge in [-0.25, -0.2) is 4.68 Å². The first-order chi connectivity index (χ1) is 15.6. The fourth-order valence-electron chi connectivity index (χ4n) is 3.76. The van der Waals surface area contributed by atoms with Crippen LogP contribution in [0.25, 0.3) is 11.3 Å². The van der Waals surface area contributed by atoms with Gasteiger partial charge in [0.1, 0.15) is 35.7 Å². The first kappa shape index (κ1) is 21.6. The number of nitrogens with one attached hydrogen (secondary N) is 2. The van der Waals surface area contributed by atoms with E-state index < -0.39 is 12.1 Å². The van der Waals surface area contributed by atoms with Crippen molar-refractivity contribution < 1.29 is 14.6 Å². The van der Waals surface area contributed by atoms with Crippen LogP contribution in [0, 0.1) is 0 Å². The maximum Gasteiger partial charge on any atom is 0.254 e. The molecular weight excluding hydrogens is 406 g/mol. The Kier molecular flexibility index (Phi) is 6.53. The number of benzene rings is 2. The van der Waals surface area contributed by atoms with Crippen LogP contribution in [0.3, 0.4) is 0 Å². The minimum absolute atomic E-state index is 0.0406. The Bertz CT molecular complexity index is 1080. The number of carbonyl (C=O) groups is 1. The van der Waals surface area contributed by atoms with Crippen molar-refractivity contribution in [2.75, 3.05) is 18.4 Å². The zero-order valence-corrected chi connectivity index (χ0v) is 17.7. The lowest BCUT2D eigenvalue weighted by molar-refractivity contribution is 0.100. The van der Waals surface area contributed by atoms with E-state index in [4.69, 9.17) is 15.6 Å². The summed E-state index contributed by atoms with van der Waals surface area (Å²) >= 11 is 0. The monoisotopic (exact) mass is 433 g/mol. The van der Waals surface area contributed by atoms with Crippen LogP contribution in [-0.2, 0) is 6.61 Å². The third-order valence-electron chi connectivity index (χ3n) is 5.43. The molecule has 32 heavy (non-hydrogen) atoms. The van der Waals surface area contributed by atoms with Gasteiger partial charge in [0.15, 0.2) is 0 Å². The summed E-state index contributed by atoms with van der Waals surface area (Å²) in [6.45, 7) is 5.20. The van der Waals surface area contributed by atoms with Crippen LogP contribution in [-0.4, -0.2) is 40.1 Å². The second-order valence-corrected chi connectivity index (χ2v) is 7.64. The molecule has 0 saturated carbocycles. The summed E-state index contributed by atoms with van der Waals surface area (Å²) in [6, 6.07) is 17.3. The number of amides is 1. The molecule has 8 heteroatoms. The smallest absolute Gasteiger partial charge is 0.254 e. The predicted octanol–water partition coefficient (Wildman–Crippen LogP) is 2.68. The van der Waals surface area contributed by atoms with Crippen molar-refractivity contribution in [2.24, 2.45) is 5.73 Å². The van der Waals surface area contributed by atoms with Crippen LogP contribution in [0.1, 0.15) is 28.4 Å². The molecule has 0 aliphatic carbocycles. The van der Waals surface area contributed by atoms with Crippen LogP contribution < -0.4 is 21.1 Å². The maximum atomic E-state index is 12.3. The van der Waals surface area contributed by atoms with Gasteiger partial charge in [-0.15, -0.1) is 0 Å². The molecule has 166 valence electrons. The van der Waals surface area contributed by atoms with Gasteiger partial charge in [-0.05, 0) is 42.3 Å². The Balaban J connectivity index is 1.57. The number of aromatic nitrogens is 2. The van der Waals surface area contributed by atoms with Gasteiger partial charge >= 0.3 is 0 Å². The molecule has 0 spiro atoms. The molecule has 0 saturated heterocycles. The second kappa shape index (κ2) is 9.67. The van der Waals surface area contributed by atoms with Crippen molar-refractivity contribution >= 4 is 11.7 Å². The average Bonchev–Trinajstić information content (AvgIpc) is 3.22. The minimum atomic E-state index is -0.803. The van der Waals surface area contributed by atoms with E-state index in [9.17, 15) is 9.90 Å². The maximum absolute atomic E-state index is 12.3. The standard InChI is InChI=1S/C24H27N5O3/c1-2-20(30)27-14-18-12-13-26-24-21(23(25)31)22(28-29(18)24)17-8-10-19(11-9-17)32-15-16-6-4-3-5-7-16/h2-11,18,20,26-27,30H,1,12-15H2,(H2,25,31). The molecule has 2 heterocycles. The molecule has 2 atom stereocenters. The summed E-state index contributed by atoms with van der Waals surface area (Å²) in [5, 5.41) is 20.7. The van der Waals surface area contributed by atoms with Crippen molar-refractivity contribution in [3.05, 3.63) is 78.4 Å². The van der Waals surface area contributed by atoms with E-state index in [1.807, 2.05) is 54.6 Å². The Morgan fingerprint density at radius 2 is 2.06 bits per heavy atom. The summed E-state index contributed by atoms with van der Waals surface area (Å²) < 4.78 is 7.63. The van der Waals surface area contributed by atoms with E-state index in [0.717, 1.165) is 23.3 Å². The average molecular weight is 434 g/mol. The van der Waals surface area contributed by atoms with Crippen LogP contribution >= 0.6 is 0 Å². The van der Waals surface area contributed by atoms with E-state index in [2.05, 4.69) is 17.2 Å². The fourth-order valence-corrected chi connectivity index (χ4v) is 3.76. The molecule has 0 bridgehead atoms. The summed E-state index contributed by atoms with van der Waals surface area (Å²) in [5.74, 6) is 0.779. The molecule has 0 fully saturated rings. The third kappa shape index (κ3) is 4.66. The van der Waals surface area contributed by atoms with Crippen molar-refractivity contribution in [1.29, 1.82) is 0 Å². The highest BCUT2D eigenvalue weighted by Crippen LogP contribution is 2.34. The van der Waals surface area contributed by atoms with Gasteiger partial charge in [-0.1, -0.05) is 36.9 Å². The topological polar surface area (TPSA) is 114 Å². The Labute approximate surface area is 186 Å². The van der Waals surface area contributed by atoms with Crippen LogP contribution in [0.15, 0.2) is 67.3 Å². The largest absolute Gasteiger partial charge is 0.489 e. The molecule has 0 radical (unpaired) electrons. The highest BCUT2D eigenvalue weighted by Gasteiger charge is 2.29. The number of hydrogen-bond donors (Lipinski definition) is 4. The molecule has 2 unspecified atom stereocenters. The van der Waals surface area contributed by atoms with Crippen LogP contribution in [0.5, 0.6) is 5.75 Å². The summed E-state index contributed by atoms with van der Waals surface area (Å²) in [6.07, 6.45) is 1.41. The highest BCUT2D eigenvalue weighted by molar-refractivity contribution is 6.03. The van der Waals surface area contributed by atoms with Crippen molar-refractivity contribution in [2.45, 2.75) is 25.3 Å². The molecule has 4 rings (SSSR count). The number of ether oxygens (including phenoxy) is 1. The van der Waals surface area contributed by atoms with Crippen molar-refractivity contribution in [3.63, 3.8) is 0 Å². The lowest BCUT2D eigenvalue weighted by Crippen LogP contribution is -2.36. The minimum Gasteiger partial charge on any atom is -0.489 e. The Hall–Kier alpha value is -3.62. The molecule has 5 N–H and O–H groups in total. The number of fused-ring (bicyclic) bond motifs is 1. The number of nitrogens with zero attached hydrogens (tertiary/aromatic N) is 2. The van der Waals surface area contributed by atoms with E-state index in [0.29, 0.717) is 36.8 Å². The second-order valence-electron chi connectivity index (χ2n) is 7.64. The van der Waals surface area contributed by atoms with Crippen LogP contribution in [0.4, 0.5) is 5.82 Å². The van der Waals surface area contributed by atoms with E-state index in [-0.39, 0.29) is 6.04 Å². The fraction of sp³-hybridized carbons (Fsp3) is 0.250. The number of primary amides is 1. The van der Waals surface area contributed by atoms with Gasteiger partial charge < -0.3 is 20.9 Å². The van der Waals surface area contributed by atoms with Gasteiger partial charge in [0, 0.05) is 18.7 Å². The normalized spacial score (nSPS) is 16.0. The number of nitrogens with two attached hydrogens (primary N) is 1. The van der Waals surface area contributed by atoms with Gasteiger partial charge in [-0.3, -0.25) is 10.1 Å². The number of aliphatic hydroxyl groups is 1. The summed E-state index contributed by atoms with van der Waals surface area (Å²) in [4.78, 5) is 12.3. The number of rotatable bonds is 9. The third-order valence-corrected chi connectivity index (χ3v) is 5.43. The molecule has 2 aromatic carbocycles. The Morgan fingerprint density at radius 1 is 1.31 bits per heavy atom. The number of aliphatic hydroxyl groups excluding tert-OH is 1. The first-order valence-corrected chi connectivity index (χ1v) is 10.5. The van der Waals surface area contributed by atoms with E-state index in [1.165, 1.54) is 6.08 Å². The lowest BCUT2D eigenvalue weighted by Gasteiger charge is -2.26. The quantitative estimate of drug-likeness (QED) is 0.305. The molecular formula is C24H27N5O3. The molecule has 1 aromatic heterocycles. The number of carbonyl (C=O) groups excluding carboxylic acids is 1. The van der Waals surface area contributed by atoms with E-state index >= 15 is 0 Å². The van der Waals surface area contributed by atoms with E-state index in [1.54, 1.807) is 4.68 Å². The SMILES string of the molecule is C=CC(O)NCC1CCNc2c(C(N)=O)c(-c3ccc(OCc4ccccc4)cc3)nn21. The Morgan fingerprint density at radius 3 is 2.75 bits per heavy atom. The molecule has 1 aliphatic heterocycles. The number of hydrogen-bond acceptors (Lipinski definition) is 6. The summed E-state index contributed by atoms with van der Waals surface area (Å²) in [5.41, 5.74) is 8.46. The van der Waals surface area contributed by atoms with Crippen molar-refractivity contribution in [1.82, 2.24) is 15.1 Å². The van der Waals surface area contributed by atoms with Gasteiger partial charge in [0.25, 0.3) is 5.91 Å². The number of anilines is 1. The molecule has 1 amide bonds. The van der Waals surface area contributed by atoms with Gasteiger partial charge in [0.05, 0.1) is 6.04 Å². The van der Waals surface area contributed by atoms with Crippen molar-refractivity contribution in [3.8, 4) is 17.0 Å². The molecule has 8 nitrogen and oxygen atoms in total. The van der Waals surface area contributed by atoms with Gasteiger partial charge in [-0.2, -0.15) is 5.10 Å². The van der Waals surface area contributed by atoms with Crippen LogP contribution in [0.2, 0.25) is 0 Å². The molecule has 1 aliphatic rings. The summed E-state index contributed by atoms with van der Waals surface area (Å²) in [7, 11) is 0. The molecule has 3 aromatic rings. The predicted molar refractivity (Wildman–Crippen MR) is 123 cm³/mol. The first-order valence-electron chi connectivity index (χ1n) is 10.5. The zero-order chi connectivity index (χ0) is 22.5. The lowest BCUT2D eigenvalue weighted by atomic mass is 10.1. The zero-order valence-electron chi connectivity index (χ0n) is 17.7. The van der Waals surface area contributed by atoms with Gasteiger partial charge in [0.2, 0.25) is 0 Å².